The highest BCUT2D eigenvalue weighted by Gasteiger charge is 2.28. The van der Waals surface area contributed by atoms with Crippen molar-refractivity contribution in [2.75, 3.05) is 6.54 Å². The lowest BCUT2D eigenvalue weighted by Gasteiger charge is -2.15. The largest absolute Gasteiger partial charge is 0.391 e. The summed E-state index contributed by atoms with van der Waals surface area (Å²) in [4.78, 5) is 29.2. The van der Waals surface area contributed by atoms with E-state index in [0.717, 1.165) is 18.5 Å². The summed E-state index contributed by atoms with van der Waals surface area (Å²) in [6.07, 6.45) is 1.50. The Balaban J connectivity index is 1.98. The highest BCUT2D eigenvalue weighted by Crippen LogP contribution is 2.39. The molecule has 3 N–H and O–H groups in total. The number of nitrogens with zero attached hydrogens (tertiary/aromatic N) is 2. The standard InChI is InChI=1S/C16H22N4O3/c1-8(2)12(21)7-17-15(22)10-6-11(9-4-5-9)18-14-13(10)16(23)19-20(14)3/h6,8-9,12,21H,4-5,7H2,1-3H3,(H,17,22)(H,19,23). The molecule has 7 heteroatoms. The lowest BCUT2D eigenvalue weighted by atomic mass is 10.1. The van der Waals surface area contributed by atoms with Crippen molar-refractivity contribution >= 4 is 16.9 Å². The molecule has 1 aliphatic carbocycles. The number of aliphatic hydroxyl groups is 1. The van der Waals surface area contributed by atoms with Crippen LogP contribution >= 0.6 is 0 Å². The highest BCUT2D eigenvalue weighted by atomic mass is 16.3. The number of rotatable bonds is 5. The molecule has 2 aromatic heterocycles. The molecule has 1 fully saturated rings. The van der Waals surface area contributed by atoms with Gasteiger partial charge in [-0.3, -0.25) is 19.4 Å². The summed E-state index contributed by atoms with van der Waals surface area (Å²) in [6.45, 7) is 3.92. The Hall–Kier alpha value is -2.15. The molecule has 23 heavy (non-hydrogen) atoms. The number of pyridine rings is 1. The van der Waals surface area contributed by atoms with Gasteiger partial charge in [0.2, 0.25) is 0 Å². The van der Waals surface area contributed by atoms with Crippen LogP contribution in [0.25, 0.3) is 11.0 Å². The van der Waals surface area contributed by atoms with Gasteiger partial charge in [-0.15, -0.1) is 0 Å². The molecule has 1 saturated carbocycles. The number of hydrogen-bond donors (Lipinski definition) is 3. The van der Waals surface area contributed by atoms with Gasteiger partial charge in [-0.1, -0.05) is 13.8 Å². The number of aromatic nitrogens is 3. The van der Waals surface area contributed by atoms with Crippen LogP contribution in [0, 0.1) is 5.92 Å². The summed E-state index contributed by atoms with van der Waals surface area (Å²) < 4.78 is 1.54. The van der Waals surface area contributed by atoms with Crippen LogP contribution in [-0.2, 0) is 7.05 Å². The molecular weight excluding hydrogens is 296 g/mol. The zero-order valence-electron chi connectivity index (χ0n) is 13.6. The van der Waals surface area contributed by atoms with E-state index in [0.29, 0.717) is 22.5 Å². The number of H-pyrrole nitrogens is 1. The first-order valence-electron chi connectivity index (χ1n) is 7.94. The predicted octanol–water partition coefficient (Wildman–Crippen LogP) is 0.886. The van der Waals surface area contributed by atoms with E-state index in [4.69, 9.17) is 0 Å². The smallest absolute Gasteiger partial charge is 0.274 e. The van der Waals surface area contributed by atoms with Crippen molar-refractivity contribution in [3.8, 4) is 0 Å². The van der Waals surface area contributed by atoms with E-state index >= 15 is 0 Å². The Bertz CT molecular complexity index is 801. The second-order valence-electron chi connectivity index (χ2n) is 6.59. The number of aryl methyl sites for hydroxylation is 1. The molecule has 7 nitrogen and oxygen atoms in total. The first-order chi connectivity index (χ1) is 10.9. The van der Waals surface area contributed by atoms with Gasteiger partial charge in [0.25, 0.3) is 11.5 Å². The van der Waals surface area contributed by atoms with Crippen LogP contribution in [-0.4, -0.2) is 38.4 Å². The number of amides is 1. The van der Waals surface area contributed by atoms with E-state index in [2.05, 4.69) is 15.4 Å². The van der Waals surface area contributed by atoms with Gasteiger partial charge in [0.1, 0.15) is 0 Å². The number of carbonyl (C=O) groups excluding carboxylic acids is 1. The van der Waals surface area contributed by atoms with Gasteiger partial charge in [0, 0.05) is 25.2 Å². The molecular formula is C16H22N4O3. The van der Waals surface area contributed by atoms with E-state index < -0.39 is 6.10 Å². The summed E-state index contributed by atoms with van der Waals surface area (Å²) in [5, 5.41) is 15.5. The zero-order valence-corrected chi connectivity index (χ0v) is 13.6. The van der Waals surface area contributed by atoms with Crippen molar-refractivity contribution in [1.29, 1.82) is 0 Å². The summed E-state index contributed by atoms with van der Waals surface area (Å²) >= 11 is 0. The summed E-state index contributed by atoms with van der Waals surface area (Å²) in [5.41, 5.74) is 1.34. The summed E-state index contributed by atoms with van der Waals surface area (Å²) in [6, 6.07) is 1.71. The minimum Gasteiger partial charge on any atom is -0.391 e. The molecule has 1 unspecified atom stereocenters. The summed E-state index contributed by atoms with van der Waals surface area (Å²) in [7, 11) is 1.71. The van der Waals surface area contributed by atoms with Crippen molar-refractivity contribution in [3.63, 3.8) is 0 Å². The Labute approximate surface area is 133 Å². The van der Waals surface area contributed by atoms with E-state index in [9.17, 15) is 14.7 Å². The molecule has 2 heterocycles. The predicted molar refractivity (Wildman–Crippen MR) is 86.5 cm³/mol. The van der Waals surface area contributed by atoms with Crippen LogP contribution in [0.15, 0.2) is 10.9 Å². The minimum absolute atomic E-state index is 0.0508. The first-order valence-corrected chi connectivity index (χ1v) is 7.94. The van der Waals surface area contributed by atoms with Gasteiger partial charge in [-0.25, -0.2) is 4.98 Å². The number of nitrogens with one attached hydrogen (secondary N) is 2. The van der Waals surface area contributed by atoms with E-state index in [1.54, 1.807) is 17.8 Å². The Kier molecular flexibility index (Phi) is 3.97. The third-order valence-electron chi connectivity index (χ3n) is 4.32. The van der Waals surface area contributed by atoms with Crippen LogP contribution in [0.3, 0.4) is 0 Å². The highest BCUT2D eigenvalue weighted by molar-refractivity contribution is 6.05. The molecule has 0 bridgehead atoms. The van der Waals surface area contributed by atoms with Gasteiger partial charge in [0.15, 0.2) is 5.65 Å². The molecule has 124 valence electrons. The molecule has 3 rings (SSSR count). The fourth-order valence-corrected chi connectivity index (χ4v) is 2.57. The topological polar surface area (TPSA) is 100 Å². The van der Waals surface area contributed by atoms with Gasteiger partial charge < -0.3 is 10.4 Å². The fourth-order valence-electron chi connectivity index (χ4n) is 2.57. The van der Waals surface area contributed by atoms with Crippen molar-refractivity contribution in [3.05, 3.63) is 27.7 Å². The fraction of sp³-hybridized carbons (Fsp3) is 0.562. The van der Waals surface area contributed by atoms with Crippen LogP contribution in [0.5, 0.6) is 0 Å². The van der Waals surface area contributed by atoms with Crippen molar-refractivity contribution in [2.24, 2.45) is 13.0 Å². The second kappa shape index (κ2) is 5.81. The lowest BCUT2D eigenvalue weighted by molar-refractivity contribution is 0.0873. The molecule has 0 aromatic carbocycles. The van der Waals surface area contributed by atoms with Crippen molar-refractivity contribution in [2.45, 2.75) is 38.7 Å². The summed E-state index contributed by atoms with van der Waals surface area (Å²) in [5.74, 6) is 0.0721. The quantitative estimate of drug-likeness (QED) is 0.762. The molecule has 2 aromatic rings. The number of carbonyl (C=O) groups is 1. The van der Waals surface area contributed by atoms with Crippen molar-refractivity contribution < 1.29 is 9.90 Å². The van der Waals surface area contributed by atoms with Gasteiger partial charge in [0.05, 0.1) is 17.1 Å². The van der Waals surface area contributed by atoms with Gasteiger partial charge >= 0.3 is 0 Å². The van der Waals surface area contributed by atoms with Gasteiger partial charge in [-0.2, -0.15) is 0 Å². The Morgan fingerprint density at radius 3 is 2.83 bits per heavy atom. The van der Waals surface area contributed by atoms with Gasteiger partial charge in [-0.05, 0) is 24.8 Å². The molecule has 1 aliphatic rings. The molecule has 0 radical (unpaired) electrons. The Morgan fingerprint density at radius 1 is 1.52 bits per heavy atom. The lowest BCUT2D eigenvalue weighted by Crippen LogP contribution is -2.35. The van der Waals surface area contributed by atoms with E-state index in [1.807, 2.05) is 13.8 Å². The van der Waals surface area contributed by atoms with E-state index in [1.165, 1.54) is 0 Å². The van der Waals surface area contributed by atoms with Crippen molar-refractivity contribution in [1.82, 2.24) is 20.1 Å². The Morgan fingerprint density at radius 2 is 2.22 bits per heavy atom. The van der Waals surface area contributed by atoms with Crippen LogP contribution in [0.4, 0.5) is 0 Å². The third kappa shape index (κ3) is 3.01. The average molecular weight is 318 g/mol. The second-order valence-corrected chi connectivity index (χ2v) is 6.59. The van der Waals surface area contributed by atoms with Crippen LogP contribution in [0.1, 0.15) is 48.7 Å². The average Bonchev–Trinajstić information content (AvgIpc) is 3.31. The molecule has 0 spiro atoms. The molecule has 1 amide bonds. The number of fused-ring (bicyclic) bond motifs is 1. The SMILES string of the molecule is CC(C)C(O)CNC(=O)c1cc(C2CC2)nc2c1c(=O)[nH]n2C. The monoisotopic (exact) mass is 318 g/mol. The number of aromatic amines is 1. The molecule has 0 aliphatic heterocycles. The van der Waals surface area contributed by atoms with Crippen LogP contribution < -0.4 is 10.9 Å². The maximum absolute atomic E-state index is 12.5. The maximum Gasteiger partial charge on any atom is 0.274 e. The first kappa shape index (κ1) is 15.7. The number of aliphatic hydroxyl groups excluding tert-OH is 1. The zero-order chi connectivity index (χ0) is 16.7. The number of hydrogen-bond acceptors (Lipinski definition) is 4. The molecule has 0 saturated heterocycles. The van der Waals surface area contributed by atoms with Crippen LogP contribution in [0.2, 0.25) is 0 Å². The minimum atomic E-state index is -0.617. The van der Waals surface area contributed by atoms with E-state index in [-0.39, 0.29) is 23.9 Å². The maximum atomic E-state index is 12.5. The molecule has 1 atom stereocenters. The third-order valence-corrected chi connectivity index (χ3v) is 4.32. The normalized spacial score (nSPS) is 16.0.